The Morgan fingerprint density at radius 1 is 1.33 bits per heavy atom. The lowest BCUT2D eigenvalue weighted by molar-refractivity contribution is 0.00754. The summed E-state index contributed by atoms with van der Waals surface area (Å²) in [6, 6.07) is 3.93. The molecule has 0 saturated carbocycles. The smallest absolute Gasteiger partial charge is 0.348 e. The van der Waals surface area contributed by atoms with Crippen LogP contribution < -0.4 is 0 Å². The number of thiophene rings is 2. The molecule has 0 bridgehead atoms. The van der Waals surface area contributed by atoms with E-state index in [1.807, 2.05) is 38.3 Å². The maximum absolute atomic E-state index is 11.7. The van der Waals surface area contributed by atoms with Crippen molar-refractivity contribution in [3.8, 4) is 0 Å². The molecular formula is C11H12O2S2. The van der Waals surface area contributed by atoms with Crippen LogP contribution in [0.25, 0.3) is 9.40 Å². The van der Waals surface area contributed by atoms with Gasteiger partial charge in [-0.25, -0.2) is 4.79 Å². The average molecular weight is 240 g/mol. The van der Waals surface area contributed by atoms with E-state index >= 15 is 0 Å². The van der Waals surface area contributed by atoms with Gasteiger partial charge in [0.25, 0.3) is 0 Å². The van der Waals surface area contributed by atoms with Gasteiger partial charge in [0.15, 0.2) is 0 Å². The topological polar surface area (TPSA) is 26.3 Å². The van der Waals surface area contributed by atoms with Crippen LogP contribution in [0.2, 0.25) is 0 Å². The average Bonchev–Trinajstić information content (AvgIpc) is 2.56. The van der Waals surface area contributed by atoms with E-state index in [4.69, 9.17) is 4.74 Å². The lowest BCUT2D eigenvalue weighted by atomic mass is 10.2. The molecule has 4 heteroatoms. The molecule has 2 aromatic rings. The van der Waals surface area contributed by atoms with E-state index in [2.05, 4.69) is 0 Å². The number of carbonyl (C=O) groups excluding carboxylic acids is 1. The van der Waals surface area contributed by atoms with Crippen LogP contribution in [-0.4, -0.2) is 11.6 Å². The zero-order chi connectivity index (χ0) is 11.1. The van der Waals surface area contributed by atoms with Crippen molar-refractivity contribution in [2.75, 3.05) is 0 Å². The van der Waals surface area contributed by atoms with Gasteiger partial charge in [0.05, 0.1) is 0 Å². The van der Waals surface area contributed by atoms with Crippen molar-refractivity contribution >= 4 is 38.0 Å². The van der Waals surface area contributed by atoms with Crippen molar-refractivity contribution in [1.82, 2.24) is 0 Å². The molecule has 0 aliphatic carbocycles. The quantitative estimate of drug-likeness (QED) is 0.706. The monoisotopic (exact) mass is 240 g/mol. The molecule has 0 saturated heterocycles. The van der Waals surface area contributed by atoms with Gasteiger partial charge in [-0.3, -0.25) is 0 Å². The second kappa shape index (κ2) is 3.61. The van der Waals surface area contributed by atoms with Gasteiger partial charge in [-0.05, 0) is 38.3 Å². The van der Waals surface area contributed by atoms with Crippen LogP contribution in [0.3, 0.4) is 0 Å². The minimum absolute atomic E-state index is 0.226. The maximum atomic E-state index is 11.7. The molecule has 0 unspecified atom stereocenters. The molecule has 0 atom stereocenters. The van der Waals surface area contributed by atoms with Gasteiger partial charge in [-0.1, -0.05) is 0 Å². The summed E-state index contributed by atoms with van der Waals surface area (Å²) >= 11 is 3.13. The van der Waals surface area contributed by atoms with E-state index in [0.717, 1.165) is 9.40 Å². The third kappa shape index (κ3) is 2.38. The molecule has 2 aromatic heterocycles. The molecule has 2 heterocycles. The molecule has 0 radical (unpaired) electrons. The van der Waals surface area contributed by atoms with E-state index in [9.17, 15) is 4.79 Å². The molecule has 0 amide bonds. The summed E-state index contributed by atoms with van der Waals surface area (Å²) in [7, 11) is 0. The Morgan fingerprint density at radius 3 is 2.67 bits per heavy atom. The van der Waals surface area contributed by atoms with Gasteiger partial charge >= 0.3 is 5.97 Å². The first-order valence-electron chi connectivity index (χ1n) is 4.66. The summed E-state index contributed by atoms with van der Waals surface area (Å²) in [6.07, 6.45) is 0. The van der Waals surface area contributed by atoms with Crippen LogP contribution in [-0.2, 0) is 4.74 Å². The molecule has 2 rings (SSSR count). The summed E-state index contributed by atoms with van der Waals surface area (Å²) < 4.78 is 7.61. The van der Waals surface area contributed by atoms with Crippen LogP contribution in [0.1, 0.15) is 30.4 Å². The van der Waals surface area contributed by atoms with Crippen LogP contribution in [0, 0.1) is 0 Å². The Bertz CT molecular complexity index is 459. The van der Waals surface area contributed by atoms with Crippen molar-refractivity contribution in [3.63, 3.8) is 0 Å². The first-order valence-corrected chi connectivity index (χ1v) is 6.36. The highest BCUT2D eigenvalue weighted by molar-refractivity contribution is 7.27. The highest BCUT2D eigenvalue weighted by Gasteiger charge is 2.19. The highest BCUT2D eigenvalue weighted by Crippen LogP contribution is 2.30. The fraction of sp³-hybridized carbons (Fsp3) is 0.364. The standard InChI is InChI=1S/C11H12O2S2/c1-11(2,3)13-10(12)9-6-8-7(15-9)4-5-14-8/h4-6H,1-3H3. The number of fused-ring (bicyclic) bond motifs is 1. The normalized spacial score (nSPS) is 11.9. The summed E-state index contributed by atoms with van der Waals surface area (Å²) in [6.45, 7) is 5.63. The number of esters is 1. The van der Waals surface area contributed by atoms with Crippen LogP contribution >= 0.6 is 22.7 Å². The lowest BCUT2D eigenvalue weighted by Crippen LogP contribution is -2.23. The Kier molecular flexibility index (Phi) is 2.56. The second-order valence-corrected chi connectivity index (χ2v) is 6.29. The molecule has 0 aromatic carbocycles. The van der Waals surface area contributed by atoms with Gasteiger partial charge in [0, 0.05) is 9.40 Å². The number of ether oxygens (including phenoxy) is 1. The summed E-state index contributed by atoms with van der Waals surface area (Å²) in [4.78, 5) is 12.4. The Balaban J connectivity index is 2.24. The third-order valence-corrected chi connectivity index (χ3v) is 3.81. The van der Waals surface area contributed by atoms with E-state index in [-0.39, 0.29) is 5.97 Å². The minimum Gasteiger partial charge on any atom is -0.456 e. The molecule has 0 aliphatic rings. The van der Waals surface area contributed by atoms with E-state index in [1.165, 1.54) is 11.3 Å². The van der Waals surface area contributed by atoms with Crippen molar-refractivity contribution in [2.24, 2.45) is 0 Å². The second-order valence-electron chi connectivity index (χ2n) is 4.26. The Hall–Kier alpha value is -0.870. The molecule has 0 spiro atoms. The molecular weight excluding hydrogens is 228 g/mol. The summed E-state index contributed by atoms with van der Waals surface area (Å²) in [5, 5.41) is 2.03. The predicted molar refractivity (Wildman–Crippen MR) is 64.9 cm³/mol. The van der Waals surface area contributed by atoms with Gasteiger partial charge in [0.1, 0.15) is 10.5 Å². The number of carbonyl (C=O) groups is 1. The zero-order valence-corrected chi connectivity index (χ0v) is 10.5. The van der Waals surface area contributed by atoms with E-state index in [0.29, 0.717) is 4.88 Å². The highest BCUT2D eigenvalue weighted by atomic mass is 32.1. The number of hydrogen-bond acceptors (Lipinski definition) is 4. The van der Waals surface area contributed by atoms with Crippen LogP contribution in [0.15, 0.2) is 17.5 Å². The van der Waals surface area contributed by atoms with Gasteiger partial charge in [0.2, 0.25) is 0 Å². The first kappa shape index (κ1) is 10.6. The molecule has 80 valence electrons. The molecule has 2 nitrogen and oxygen atoms in total. The van der Waals surface area contributed by atoms with Crippen LogP contribution in [0.4, 0.5) is 0 Å². The van der Waals surface area contributed by atoms with Crippen molar-refractivity contribution < 1.29 is 9.53 Å². The van der Waals surface area contributed by atoms with Crippen molar-refractivity contribution in [1.29, 1.82) is 0 Å². The molecule has 0 fully saturated rings. The Morgan fingerprint density at radius 2 is 2.07 bits per heavy atom. The van der Waals surface area contributed by atoms with E-state index < -0.39 is 5.60 Å². The molecule has 0 N–H and O–H groups in total. The third-order valence-electron chi connectivity index (χ3n) is 1.74. The number of hydrogen-bond donors (Lipinski definition) is 0. The maximum Gasteiger partial charge on any atom is 0.348 e. The van der Waals surface area contributed by atoms with Gasteiger partial charge < -0.3 is 4.74 Å². The predicted octanol–water partition coefficient (Wildman–Crippen LogP) is 3.92. The van der Waals surface area contributed by atoms with Crippen molar-refractivity contribution in [3.05, 3.63) is 22.4 Å². The van der Waals surface area contributed by atoms with Gasteiger partial charge in [-0.2, -0.15) is 0 Å². The van der Waals surface area contributed by atoms with Crippen molar-refractivity contribution in [2.45, 2.75) is 26.4 Å². The fourth-order valence-electron chi connectivity index (χ4n) is 1.19. The van der Waals surface area contributed by atoms with Gasteiger partial charge in [-0.15, -0.1) is 22.7 Å². The molecule has 0 aliphatic heterocycles. The summed E-state index contributed by atoms with van der Waals surface area (Å²) in [5.41, 5.74) is -0.422. The Labute approximate surface area is 96.5 Å². The minimum atomic E-state index is -0.422. The SMILES string of the molecule is CC(C)(C)OC(=O)c1cc2sccc2s1. The number of rotatable bonds is 1. The fourth-order valence-corrected chi connectivity index (χ4v) is 3.18. The lowest BCUT2D eigenvalue weighted by Gasteiger charge is -2.18. The van der Waals surface area contributed by atoms with Crippen LogP contribution in [0.5, 0.6) is 0 Å². The molecule has 15 heavy (non-hydrogen) atoms. The summed E-state index contributed by atoms with van der Waals surface area (Å²) in [5.74, 6) is -0.226. The van der Waals surface area contributed by atoms with E-state index in [1.54, 1.807) is 11.3 Å². The first-order chi connectivity index (χ1) is 6.96. The zero-order valence-electron chi connectivity index (χ0n) is 8.87. The largest absolute Gasteiger partial charge is 0.456 e.